The summed E-state index contributed by atoms with van der Waals surface area (Å²) in [5.74, 6) is 1.11. The molecule has 0 bridgehead atoms. The summed E-state index contributed by atoms with van der Waals surface area (Å²) in [6, 6.07) is 4.87. The molecule has 2 aliphatic rings. The van der Waals surface area contributed by atoms with Gasteiger partial charge in [0.2, 0.25) is 0 Å². The first kappa shape index (κ1) is 14.8. The molecule has 2 aromatic rings. The molecule has 1 aromatic heterocycles. The number of aromatic nitrogens is 2. The molecular formula is C17H20FN3O2. The molecule has 0 amide bonds. The van der Waals surface area contributed by atoms with Crippen LogP contribution in [-0.4, -0.2) is 23.3 Å². The van der Waals surface area contributed by atoms with E-state index in [0.29, 0.717) is 24.9 Å². The summed E-state index contributed by atoms with van der Waals surface area (Å²) < 4.78 is 24.8. The van der Waals surface area contributed by atoms with E-state index in [0.717, 1.165) is 30.4 Å². The molecular weight excluding hydrogens is 297 g/mol. The third-order valence-electron chi connectivity index (χ3n) is 5.10. The quantitative estimate of drug-likeness (QED) is 0.938. The van der Waals surface area contributed by atoms with Crippen molar-refractivity contribution in [1.29, 1.82) is 0 Å². The normalized spacial score (nSPS) is 25.7. The first-order chi connectivity index (χ1) is 11.1. The summed E-state index contributed by atoms with van der Waals surface area (Å²) in [4.78, 5) is 4.59. The van der Waals surface area contributed by atoms with E-state index < -0.39 is 0 Å². The van der Waals surface area contributed by atoms with E-state index in [9.17, 15) is 4.39 Å². The molecule has 4 rings (SSSR count). The molecule has 2 heterocycles. The lowest BCUT2D eigenvalue weighted by atomic mass is 9.91. The number of hydrogen-bond donors (Lipinski definition) is 1. The Kier molecular flexibility index (Phi) is 3.46. The molecule has 122 valence electrons. The van der Waals surface area contributed by atoms with Crippen LogP contribution in [0.15, 0.2) is 22.7 Å². The van der Waals surface area contributed by atoms with Crippen LogP contribution in [-0.2, 0) is 10.2 Å². The number of benzene rings is 1. The largest absolute Gasteiger partial charge is 0.368 e. The number of nitrogens with zero attached hydrogens (tertiary/aromatic N) is 2. The third-order valence-corrected chi connectivity index (χ3v) is 5.10. The van der Waals surface area contributed by atoms with Crippen molar-refractivity contribution in [2.24, 2.45) is 11.7 Å². The summed E-state index contributed by atoms with van der Waals surface area (Å²) in [6.07, 6.45) is 2.50. The fraction of sp³-hybridized carbons (Fsp3) is 0.529. The lowest BCUT2D eigenvalue weighted by molar-refractivity contribution is 0.0642. The van der Waals surface area contributed by atoms with Crippen LogP contribution in [0.4, 0.5) is 4.39 Å². The monoisotopic (exact) mass is 317 g/mol. The van der Waals surface area contributed by atoms with E-state index in [1.54, 1.807) is 12.1 Å². The predicted molar refractivity (Wildman–Crippen MR) is 81.3 cm³/mol. The Labute approximate surface area is 134 Å². The maximum absolute atomic E-state index is 13.7. The van der Waals surface area contributed by atoms with E-state index in [2.05, 4.69) is 10.1 Å². The highest BCUT2D eigenvalue weighted by Crippen LogP contribution is 2.53. The predicted octanol–water partition coefficient (Wildman–Crippen LogP) is 2.63. The fourth-order valence-corrected chi connectivity index (χ4v) is 3.54. The summed E-state index contributed by atoms with van der Waals surface area (Å²) in [5, 5.41) is 4.18. The van der Waals surface area contributed by atoms with Crippen LogP contribution in [0.5, 0.6) is 0 Å². The molecule has 5 nitrogen and oxygen atoms in total. The van der Waals surface area contributed by atoms with Crippen LogP contribution >= 0.6 is 0 Å². The molecule has 0 spiro atoms. The Morgan fingerprint density at radius 3 is 2.96 bits per heavy atom. The second-order valence-electron chi connectivity index (χ2n) is 6.57. The zero-order valence-electron chi connectivity index (χ0n) is 13.1. The molecule has 1 saturated carbocycles. The first-order valence-electron chi connectivity index (χ1n) is 8.06. The number of ether oxygens (including phenoxy) is 1. The van der Waals surface area contributed by atoms with Gasteiger partial charge in [-0.3, -0.25) is 0 Å². The zero-order valence-corrected chi connectivity index (χ0v) is 13.1. The molecule has 2 N–H and O–H groups in total. The van der Waals surface area contributed by atoms with Gasteiger partial charge < -0.3 is 15.0 Å². The van der Waals surface area contributed by atoms with E-state index >= 15 is 0 Å². The minimum atomic E-state index is -0.315. The number of hydrogen-bond acceptors (Lipinski definition) is 5. The average molecular weight is 317 g/mol. The number of nitrogens with two attached hydrogens (primary N) is 1. The van der Waals surface area contributed by atoms with Crippen molar-refractivity contribution in [3.8, 4) is 0 Å². The lowest BCUT2D eigenvalue weighted by Crippen LogP contribution is -2.18. The standard InChI is InChI=1S/C17H20FN3O2/c1-10-2-3-12(18)8-13(10)17(5-6-17)16-20-15(23-21-16)14-11(9-19)4-7-22-14/h2-3,8,11,14H,4-7,9,19H2,1H3/t11-,14-/m0/s1. The van der Waals surface area contributed by atoms with E-state index in [-0.39, 0.29) is 23.3 Å². The van der Waals surface area contributed by atoms with Crippen molar-refractivity contribution in [3.05, 3.63) is 46.9 Å². The molecule has 2 fully saturated rings. The molecule has 1 saturated heterocycles. The van der Waals surface area contributed by atoms with Gasteiger partial charge in [-0.05, 0) is 56.0 Å². The van der Waals surface area contributed by atoms with Gasteiger partial charge in [0, 0.05) is 12.5 Å². The van der Waals surface area contributed by atoms with Crippen molar-refractivity contribution in [2.75, 3.05) is 13.2 Å². The highest BCUT2D eigenvalue weighted by atomic mass is 19.1. The molecule has 0 unspecified atom stereocenters. The van der Waals surface area contributed by atoms with Crippen LogP contribution in [0.2, 0.25) is 0 Å². The van der Waals surface area contributed by atoms with Crippen molar-refractivity contribution in [3.63, 3.8) is 0 Å². The van der Waals surface area contributed by atoms with Gasteiger partial charge in [0.15, 0.2) is 5.82 Å². The molecule has 0 radical (unpaired) electrons. The van der Waals surface area contributed by atoms with Crippen LogP contribution < -0.4 is 5.73 Å². The number of aryl methyl sites for hydroxylation is 1. The summed E-state index contributed by atoms with van der Waals surface area (Å²) in [5.41, 5.74) is 7.47. The smallest absolute Gasteiger partial charge is 0.256 e. The molecule has 23 heavy (non-hydrogen) atoms. The van der Waals surface area contributed by atoms with E-state index in [1.165, 1.54) is 6.07 Å². The van der Waals surface area contributed by atoms with Gasteiger partial charge in [-0.2, -0.15) is 4.98 Å². The van der Waals surface area contributed by atoms with Crippen LogP contribution in [0.3, 0.4) is 0 Å². The number of halogens is 1. The maximum Gasteiger partial charge on any atom is 0.256 e. The Hall–Kier alpha value is -1.79. The Balaban J connectivity index is 1.67. The second kappa shape index (κ2) is 5.39. The highest BCUT2D eigenvalue weighted by molar-refractivity contribution is 5.44. The van der Waals surface area contributed by atoms with Gasteiger partial charge in [-0.15, -0.1) is 0 Å². The van der Waals surface area contributed by atoms with Crippen LogP contribution in [0, 0.1) is 18.7 Å². The molecule has 1 aromatic carbocycles. The van der Waals surface area contributed by atoms with Crippen molar-refractivity contribution in [1.82, 2.24) is 10.1 Å². The minimum absolute atomic E-state index is 0.217. The Morgan fingerprint density at radius 1 is 1.39 bits per heavy atom. The average Bonchev–Trinajstić information content (AvgIpc) is 3.00. The molecule has 1 aliphatic carbocycles. The molecule has 6 heteroatoms. The van der Waals surface area contributed by atoms with Gasteiger partial charge in [-0.1, -0.05) is 11.2 Å². The maximum atomic E-state index is 13.7. The topological polar surface area (TPSA) is 74.2 Å². The minimum Gasteiger partial charge on any atom is -0.368 e. The zero-order chi connectivity index (χ0) is 16.0. The Morgan fingerprint density at radius 2 is 2.22 bits per heavy atom. The van der Waals surface area contributed by atoms with Crippen molar-refractivity contribution in [2.45, 2.75) is 37.7 Å². The van der Waals surface area contributed by atoms with Gasteiger partial charge >= 0.3 is 0 Å². The summed E-state index contributed by atoms with van der Waals surface area (Å²) >= 11 is 0. The van der Waals surface area contributed by atoms with E-state index in [1.807, 2.05) is 6.92 Å². The van der Waals surface area contributed by atoms with Gasteiger partial charge in [0.05, 0.1) is 5.41 Å². The van der Waals surface area contributed by atoms with Gasteiger partial charge in [0.1, 0.15) is 11.9 Å². The van der Waals surface area contributed by atoms with Gasteiger partial charge in [0.25, 0.3) is 5.89 Å². The first-order valence-corrected chi connectivity index (χ1v) is 8.06. The molecule has 2 atom stereocenters. The summed E-state index contributed by atoms with van der Waals surface area (Å²) in [6.45, 7) is 3.19. The fourth-order valence-electron chi connectivity index (χ4n) is 3.54. The van der Waals surface area contributed by atoms with Crippen molar-refractivity contribution < 1.29 is 13.7 Å². The van der Waals surface area contributed by atoms with Crippen molar-refractivity contribution >= 4 is 0 Å². The van der Waals surface area contributed by atoms with E-state index in [4.69, 9.17) is 15.0 Å². The second-order valence-corrected chi connectivity index (χ2v) is 6.57. The third kappa shape index (κ3) is 2.37. The number of rotatable bonds is 4. The SMILES string of the molecule is Cc1ccc(F)cc1C1(c2noc([C@H]3OCC[C@H]3CN)n2)CC1. The summed E-state index contributed by atoms with van der Waals surface area (Å²) in [7, 11) is 0. The van der Waals surface area contributed by atoms with Crippen LogP contribution in [0.1, 0.15) is 48.2 Å². The van der Waals surface area contributed by atoms with Gasteiger partial charge in [-0.25, -0.2) is 4.39 Å². The Bertz CT molecular complexity index is 726. The molecule has 1 aliphatic heterocycles. The highest BCUT2D eigenvalue weighted by Gasteiger charge is 2.51. The van der Waals surface area contributed by atoms with Crippen LogP contribution in [0.25, 0.3) is 0 Å². The lowest BCUT2D eigenvalue weighted by Gasteiger charge is -2.14.